The summed E-state index contributed by atoms with van der Waals surface area (Å²) in [4.78, 5) is 29.5. The van der Waals surface area contributed by atoms with Crippen LogP contribution in [0.3, 0.4) is 0 Å². The van der Waals surface area contributed by atoms with Crippen molar-refractivity contribution >= 4 is 67.3 Å². The highest BCUT2D eigenvalue weighted by Gasteiger charge is 2.44. The lowest BCUT2D eigenvalue weighted by Gasteiger charge is -2.24. The Hall–Kier alpha value is -13.1. The molecule has 2 aromatic heterocycles. The summed E-state index contributed by atoms with van der Waals surface area (Å²) in [5, 5.41) is 28.7. The molecule has 4 aliphatic carbocycles. The van der Waals surface area contributed by atoms with Gasteiger partial charge < -0.3 is 10.0 Å². The molecule has 116 heavy (non-hydrogen) atoms. The molecule has 0 radical (unpaired) electrons. The van der Waals surface area contributed by atoms with Gasteiger partial charge in [0.25, 0.3) is 0 Å². The molecule has 2 heterocycles. The topological polar surface area (TPSA) is 118 Å². The number of hydrogen-bond donors (Lipinski definition) is 2. The van der Waals surface area contributed by atoms with Crippen molar-refractivity contribution in [1.82, 2.24) is 29.9 Å². The van der Waals surface area contributed by atoms with Gasteiger partial charge in [-0.25, -0.2) is 19.9 Å². The summed E-state index contributed by atoms with van der Waals surface area (Å²) in [6, 6.07) is 116. The summed E-state index contributed by atoms with van der Waals surface area (Å²) in [6.07, 6.45) is 0. The number of halogens is 1. The van der Waals surface area contributed by atoms with Crippen LogP contribution in [-0.2, 0) is 21.7 Å². The van der Waals surface area contributed by atoms with Crippen LogP contribution >= 0.6 is 11.6 Å². The van der Waals surface area contributed by atoms with Crippen LogP contribution in [0.15, 0.2) is 328 Å². The molecule has 16 aromatic carbocycles. The SMILES string of the molecule is CC1(C)c2ccccc2-c2cc3c(cc21)-c1ccc(-c2nc(-c4cccc(-c5cccc6ccccc56)c4)nc(-c4cccc5ccccc45)n2)cc1C3(C)C.CC1(C)c2ccccc2-c2cc3c(cc21)-c1ccc(B(O)O)cc1C3(C)C.Clc1nc(-c2cccc(-c3cccc4ccccc34)c2)nc(-c2cccc3ccccc23)n1. The molecule has 8 nitrogen and oxygen atoms in total. The van der Waals surface area contributed by atoms with Gasteiger partial charge in [0.15, 0.2) is 29.1 Å². The Kier molecular flexibility index (Phi) is 17.1. The first kappa shape index (κ1) is 71.9. The number of nitrogens with zero attached hydrogens (tertiary/aromatic N) is 6. The third-order valence-electron chi connectivity index (χ3n) is 25.1. The maximum atomic E-state index is 9.61. The van der Waals surface area contributed by atoms with Crippen molar-refractivity contribution in [3.8, 4) is 124 Å². The molecule has 0 aliphatic heterocycles. The van der Waals surface area contributed by atoms with E-state index in [1.165, 1.54) is 116 Å². The maximum Gasteiger partial charge on any atom is 0.488 e. The molecule has 0 saturated carbocycles. The third kappa shape index (κ3) is 11.9. The first-order valence-corrected chi connectivity index (χ1v) is 40.2. The van der Waals surface area contributed by atoms with Crippen LogP contribution in [0.2, 0.25) is 5.28 Å². The average molecular weight is 1520 g/mol. The van der Waals surface area contributed by atoms with Gasteiger partial charge in [-0.15, -0.1) is 0 Å². The van der Waals surface area contributed by atoms with Gasteiger partial charge in [0.1, 0.15) is 0 Å². The lowest BCUT2D eigenvalue weighted by Crippen LogP contribution is -2.31. The van der Waals surface area contributed by atoms with E-state index in [0.717, 1.165) is 66.1 Å². The molecule has 0 saturated heterocycles. The third-order valence-corrected chi connectivity index (χ3v) is 25.3. The second-order valence-corrected chi connectivity index (χ2v) is 33.6. The van der Waals surface area contributed by atoms with Crippen molar-refractivity contribution < 1.29 is 10.0 Å². The fourth-order valence-corrected chi connectivity index (χ4v) is 19.1. The smallest absolute Gasteiger partial charge is 0.423 e. The molecular formula is C106H80BClN6O2. The van der Waals surface area contributed by atoms with E-state index in [4.69, 9.17) is 31.5 Å². The van der Waals surface area contributed by atoms with E-state index in [2.05, 4.69) is 338 Å². The minimum Gasteiger partial charge on any atom is -0.423 e. The second kappa shape index (κ2) is 27.6. The quantitative estimate of drug-likeness (QED) is 0.145. The Balaban J connectivity index is 0.000000123. The highest BCUT2D eigenvalue weighted by Crippen LogP contribution is 2.58. The molecule has 0 bridgehead atoms. The van der Waals surface area contributed by atoms with Gasteiger partial charge in [0.2, 0.25) is 5.28 Å². The van der Waals surface area contributed by atoms with Gasteiger partial charge in [-0.2, -0.15) is 9.97 Å². The molecule has 0 fully saturated rings. The van der Waals surface area contributed by atoms with Crippen LogP contribution in [-0.4, -0.2) is 47.1 Å². The molecule has 0 amide bonds. The molecule has 22 rings (SSSR count). The Bertz CT molecular complexity index is 7100. The summed E-state index contributed by atoms with van der Waals surface area (Å²) < 4.78 is 0. The van der Waals surface area contributed by atoms with E-state index in [0.29, 0.717) is 34.6 Å². The van der Waals surface area contributed by atoms with Crippen molar-refractivity contribution in [3.05, 3.63) is 377 Å². The normalized spacial score (nSPS) is 14.1. The number of fused-ring (bicyclic) bond motifs is 16. The summed E-state index contributed by atoms with van der Waals surface area (Å²) in [7, 11) is -1.44. The Morgan fingerprint density at radius 2 is 0.491 bits per heavy atom. The van der Waals surface area contributed by atoms with Crippen LogP contribution in [0.5, 0.6) is 0 Å². The molecule has 4 aliphatic rings. The summed E-state index contributed by atoms with van der Waals surface area (Å²) in [6.45, 7) is 18.5. The summed E-state index contributed by atoms with van der Waals surface area (Å²) >= 11 is 6.37. The molecular weight excluding hydrogens is 1440 g/mol. The van der Waals surface area contributed by atoms with Crippen molar-refractivity contribution in [1.29, 1.82) is 0 Å². The van der Waals surface area contributed by atoms with Gasteiger partial charge in [-0.1, -0.05) is 341 Å². The van der Waals surface area contributed by atoms with Gasteiger partial charge >= 0.3 is 7.12 Å². The molecule has 2 N–H and O–H groups in total. The summed E-state index contributed by atoms with van der Waals surface area (Å²) in [5.74, 6) is 3.11. The number of benzene rings is 16. The van der Waals surface area contributed by atoms with E-state index in [-0.39, 0.29) is 26.9 Å². The standard InChI is InChI=1S/C53H39N3.C29H18ClN3.C24H23BO2/c1-52(2)45-25-10-9-22-40(45)43-30-48-44(31-47(43)52)41-27-26-36(29-46(41)53(48,3)4)50-54-49(55-51(56-50)42-24-13-17-33-15-6-8-21-38(33)42)35-19-11-18-34(28-35)39-23-12-16-32-14-5-7-20-37(32)39;30-29-32-27(31-28(33-29)26-17-7-11-20-9-2-4-15-24(20)26)22-13-5-12-21(18-22)25-16-6-10-19-8-1-3-14-23(19)25;1-23(2)19-8-6-5-7-15(19)17-12-22-18(13-21(17)23)16-10-9-14(25(26)27)11-20(16)24(22,3)4/h5-31H,1-4H3;1-18H;5-13,26-27H,1-4H3. The predicted octanol–water partition coefficient (Wildman–Crippen LogP) is 25.3. The molecule has 0 spiro atoms. The Morgan fingerprint density at radius 3 is 0.922 bits per heavy atom. The van der Waals surface area contributed by atoms with E-state index >= 15 is 0 Å². The Morgan fingerprint density at radius 1 is 0.216 bits per heavy atom. The minimum atomic E-state index is -1.44. The van der Waals surface area contributed by atoms with Crippen LogP contribution in [0.4, 0.5) is 0 Å². The number of rotatable bonds is 8. The largest absolute Gasteiger partial charge is 0.488 e. The molecule has 0 atom stereocenters. The van der Waals surface area contributed by atoms with Crippen LogP contribution in [0.1, 0.15) is 99.9 Å². The lowest BCUT2D eigenvalue weighted by molar-refractivity contribution is 0.425. The minimum absolute atomic E-state index is 0.0188. The van der Waals surface area contributed by atoms with Gasteiger partial charge in [-0.05, 0) is 214 Å². The first-order valence-electron chi connectivity index (χ1n) is 39.8. The van der Waals surface area contributed by atoms with Gasteiger partial charge in [-0.3, -0.25) is 0 Å². The zero-order valence-electron chi connectivity index (χ0n) is 65.7. The fraction of sp³-hybridized carbons (Fsp3) is 0.113. The van der Waals surface area contributed by atoms with E-state index in [1.807, 2.05) is 54.6 Å². The predicted molar refractivity (Wildman–Crippen MR) is 479 cm³/mol. The van der Waals surface area contributed by atoms with Crippen molar-refractivity contribution in [3.63, 3.8) is 0 Å². The van der Waals surface area contributed by atoms with Crippen molar-refractivity contribution in [2.75, 3.05) is 0 Å². The fourth-order valence-electron chi connectivity index (χ4n) is 19.0. The zero-order chi connectivity index (χ0) is 79.1. The summed E-state index contributed by atoms with van der Waals surface area (Å²) in [5.41, 5.74) is 30.6. The molecule has 0 unspecified atom stereocenters. The van der Waals surface area contributed by atoms with E-state index in [9.17, 15) is 10.0 Å². The average Bonchev–Trinajstić information content (AvgIpc) is 1.55. The van der Waals surface area contributed by atoms with Crippen molar-refractivity contribution in [2.24, 2.45) is 0 Å². The lowest BCUT2D eigenvalue weighted by atomic mass is 9.75. The highest BCUT2D eigenvalue weighted by atomic mass is 35.5. The number of hydrogen-bond acceptors (Lipinski definition) is 8. The monoisotopic (exact) mass is 1510 g/mol. The number of aromatic nitrogens is 6. The van der Waals surface area contributed by atoms with Crippen LogP contribution in [0.25, 0.3) is 167 Å². The van der Waals surface area contributed by atoms with E-state index in [1.54, 1.807) is 0 Å². The Labute approximate surface area is 680 Å². The molecule has 18 aromatic rings. The van der Waals surface area contributed by atoms with Crippen LogP contribution in [0, 0.1) is 0 Å². The molecule has 556 valence electrons. The zero-order valence-corrected chi connectivity index (χ0v) is 66.5. The van der Waals surface area contributed by atoms with Gasteiger partial charge in [0.05, 0.1) is 0 Å². The van der Waals surface area contributed by atoms with Crippen molar-refractivity contribution in [2.45, 2.75) is 77.0 Å². The van der Waals surface area contributed by atoms with Crippen LogP contribution < -0.4 is 5.46 Å². The van der Waals surface area contributed by atoms with Gasteiger partial charge in [0, 0.05) is 49.5 Å². The maximum absolute atomic E-state index is 9.61. The van der Waals surface area contributed by atoms with E-state index < -0.39 is 7.12 Å². The highest BCUT2D eigenvalue weighted by molar-refractivity contribution is 6.58. The molecule has 10 heteroatoms. The first-order chi connectivity index (χ1) is 56.2. The second-order valence-electron chi connectivity index (χ2n) is 33.2.